The number of aromatic nitrogens is 1. The Kier molecular flexibility index (Phi) is 3.94. The second-order valence-electron chi connectivity index (χ2n) is 6.74. The number of nitrogens with two attached hydrogens (primary N) is 1. The second kappa shape index (κ2) is 6.24. The lowest BCUT2D eigenvalue weighted by Crippen LogP contribution is -2.31. The van der Waals surface area contributed by atoms with E-state index in [0.717, 1.165) is 31.1 Å². The first-order chi connectivity index (χ1) is 11.7. The lowest BCUT2D eigenvalue weighted by atomic mass is 10.1. The molecule has 5 heteroatoms. The van der Waals surface area contributed by atoms with Gasteiger partial charge in [-0.05, 0) is 67.5 Å². The molecule has 1 amide bonds. The van der Waals surface area contributed by atoms with E-state index in [2.05, 4.69) is 22.4 Å². The van der Waals surface area contributed by atoms with E-state index in [1.807, 2.05) is 6.07 Å². The number of rotatable bonds is 6. The molecule has 1 unspecified atom stereocenters. The summed E-state index contributed by atoms with van der Waals surface area (Å²) in [5.41, 5.74) is 8.33. The predicted molar refractivity (Wildman–Crippen MR) is 91.2 cm³/mol. The van der Waals surface area contributed by atoms with Crippen LogP contribution in [0.2, 0.25) is 0 Å². The molecule has 1 saturated carbocycles. The van der Waals surface area contributed by atoms with Crippen molar-refractivity contribution in [2.75, 3.05) is 6.54 Å². The maximum Gasteiger partial charge on any atom is 0.250 e. The summed E-state index contributed by atoms with van der Waals surface area (Å²) in [4.78, 5) is 15.2. The van der Waals surface area contributed by atoms with Gasteiger partial charge in [-0.15, -0.1) is 0 Å². The summed E-state index contributed by atoms with van der Waals surface area (Å²) in [6.07, 6.45) is 6.34. The molecule has 1 heterocycles. The number of nitrogens with zero attached hydrogens (tertiary/aromatic N) is 1. The number of ether oxygens (including phenoxy) is 1. The summed E-state index contributed by atoms with van der Waals surface area (Å²) >= 11 is 0. The zero-order chi connectivity index (χ0) is 16.5. The van der Waals surface area contributed by atoms with Crippen LogP contribution in [-0.4, -0.2) is 23.5 Å². The van der Waals surface area contributed by atoms with Gasteiger partial charge in [0.15, 0.2) is 0 Å². The Morgan fingerprint density at radius 3 is 2.75 bits per heavy atom. The number of hydrogen-bond donors (Lipinski definition) is 2. The van der Waals surface area contributed by atoms with E-state index in [9.17, 15) is 4.79 Å². The number of pyridine rings is 1. The minimum atomic E-state index is -0.490. The van der Waals surface area contributed by atoms with Gasteiger partial charge in [-0.25, -0.2) is 4.98 Å². The summed E-state index contributed by atoms with van der Waals surface area (Å²) < 4.78 is 5.80. The average molecular weight is 323 g/mol. The Balaban J connectivity index is 1.40. The highest BCUT2D eigenvalue weighted by atomic mass is 16.5. The Morgan fingerprint density at radius 1 is 1.21 bits per heavy atom. The molecule has 0 spiro atoms. The van der Waals surface area contributed by atoms with E-state index in [4.69, 9.17) is 10.5 Å². The first-order valence-corrected chi connectivity index (χ1v) is 8.46. The fraction of sp³-hybridized carbons (Fsp3) is 0.368. The molecule has 0 aliphatic heterocycles. The van der Waals surface area contributed by atoms with Gasteiger partial charge in [0.1, 0.15) is 5.75 Å². The van der Waals surface area contributed by atoms with Gasteiger partial charge >= 0.3 is 0 Å². The lowest BCUT2D eigenvalue weighted by Gasteiger charge is -2.10. The van der Waals surface area contributed by atoms with Gasteiger partial charge in [-0.1, -0.05) is 6.07 Å². The average Bonchev–Trinajstić information content (AvgIpc) is 3.32. The normalized spacial score (nSPS) is 19.1. The largest absolute Gasteiger partial charge is 0.439 e. The van der Waals surface area contributed by atoms with Crippen molar-refractivity contribution in [1.29, 1.82) is 0 Å². The maximum atomic E-state index is 11.1. The minimum absolute atomic E-state index is 0.376. The number of benzene rings is 1. The van der Waals surface area contributed by atoms with Crippen molar-refractivity contribution in [3.05, 3.63) is 53.2 Å². The summed E-state index contributed by atoms with van der Waals surface area (Å²) in [7, 11) is 0. The molecule has 5 nitrogen and oxygen atoms in total. The van der Waals surface area contributed by atoms with Gasteiger partial charge in [-0.2, -0.15) is 0 Å². The Morgan fingerprint density at radius 2 is 2.04 bits per heavy atom. The molecule has 1 aromatic heterocycles. The van der Waals surface area contributed by atoms with Crippen molar-refractivity contribution in [3.63, 3.8) is 0 Å². The molecule has 2 aliphatic carbocycles. The van der Waals surface area contributed by atoms with E-state index in [1.165, 1.54) is 30.2 Å². The molecule has 2 aromatic rings. The predicted octanol–water partition coefficient (Wildman–Crippen LogP) is 2.44. The molecule has 0 bridgehead atoms. The molecular weight excluding hydrogens is 302 g/mol. The topological polar surface area (TPSA) is 77.2 Å². The van der Waals surface area contributed by atoms with Crippen molar-refractivity contribution in [2.45, 2.75) is 31.7 Å². The fourth-order valence-corrected chi connectivity index (χ4v) is 3.16. The molecular formula is C19H21N3O2. The van der Waals surface area contributed by atoms with Crippen LogP contribution in [0.4, 0.5) is 0 Å². The summed E-state index contributed by atoms with van der Waals surface area (Å²) in [6.45, 7) is 1.15. The molecule has 1 aromatic carbocycles. The molecule has 4 rings (SSSR count). The van der Waals surface area contributed by atoms with E-state index in [-0.39, 0.29) is 0 Å². The second-order valence-corrected chi connectivity index (χ2v) is 6.74. The summed E-state index contributed by atoms with van der Waals surface area (Å²) in [5, 5.41) is 3.68. The highest BCUT2D eigenvalue weighted by molar-refractivity contribution is 5.92. The molecule has 24 heavy (non-hydrogen) atoms. The molecule has 3 N–H and O–H groups in total. The van der Waals surface area contributed by atoms with Crippen LogP contribution in [-0.2, 0) is 12.8 Å². The van der Waals surface area contributed by atoms with E-state index >= 15 is 0 Å². The molecule has 2 aliphatic rings. The summed E-state index contributed by atoms with van der Waals surface area (Å²) in [5.74, 6) is 1.65. The standard InChI is InChI=1S/C19H21N3O2/c20-19(23)14-4-6-18(22-11-14)24-17-5-3-13-7-16(8-15(13)9-17)21-10-12-1-2-12/h3-6,9,11-12,16,21H,1-2,7-8,10H2,(H2,20,23). The number of carbonyl (C=O) groups excluding carboxylic acids is 1. The number of amides is 1. The van der Waals surface area contributed by atoms with Gasteiger partial charge < -0.3 is 15.8 Å². The zero-order valence-corrected chi connectivity index (χ0v) is 13.5. The minimum Gasteiger partial charge on any atom is -0.439 e. The van der Waals surface area contributed by atoms with Crippen LogP contribution in [0.25, 0.3) is 0 Å². The van der Waals surface area contributed by atoms with Gasteiger partial charge in [0, 0.05) is 18.3 Å². The lowest BCUT2D eigenvalue weighted by molar-refractivity contribution is 0.1000. The Bertz CT molecular complexity index is 754. The number of hydrogen-bond acceptors (Lipinski definition) is 4. The van der Waals surface area contributed by atoms with Gasteiger partial charge in [0.25, 0.3) is 0 Å². The van der Waals surface area contributed by atoms with Crippen LogP contribution in [0.15, 0.2) is 36.5 Å². The first kappa shape index (κ1) is 15.1. The molecule has 124 valence electrons. The zero-order valence-electron chi connectivity index (χ0n) is 13.5. The quantitative estimate of drug-likeness (QED) is 0.856. The van der Waals surface area contributed by atoms with E-state index in [1.54, 1.807) is 12.1 Å². The number of carbonyl (C=O) groups is 1. The SMILES string of the molecule is NC(=O)c1ccc(Oc2ccc3c(c2)CC(NCC2CC2)C3)nc1. The van der Waals surface area contributed by atoms with Crippen LogP contribution >= 0.6 is 0 Å². The highest BCUT2D eigenvalue weighted by Gasteiger charge is 2.25. The van der Waals surface area contributed by atoms with Crippen LogP contribution in [0, 0.1) is 5.92 Å². The van der Waals surface area contributed by atoms with Crippen molar-refractivity contribution < 1.29 is 9.53 Å². The van der Waals surface area contributed by atoms with Crippen LogP contribution in [0.3, 0.4) is 0 Å². The molecule has 1 fully saturated rings. The summed E-state index contributed by atoms with van der Waals surface area (Å²) in [6, 6.07) is 10.0. The van der Waals surface area contributed by atoms with Gasteiger partial charge in [0.05, 0.1) is 5.56 Å². The Hall–Kier alpha value is -2.40. The number of nitrogens with one attached hydrogen (secondary N) is 1. The highest BCUT2D eigenvalue weighted by Crippen LogP contribution is 2.31. The van der Waals surface area contributed by atoms with Crippen LogP contribution in [0.5, 0.6) is 11.6 Å². The van der Waals surface area contributed by atoms with Gasteiger partial charge in [0.2, 0.25) is 11.8 Å². The third-order valence-electron chi connectivity index (χ3n) is 4.75. The third kappa shape index (κ3) is 3.41. The molecule has 0 radical (unpaired) electrons. The van der Waals surface area contributed by atoms with Crippen molar-refractivity contribution in [2.24, 2.45) is 11.7 Å². The van der Waals surface area contributed by atoms with Crippen LogP contribution < -0.4 is 15.8 Å². The third-order valence-corrected chi connectivity index (χ3v) is 4.75. The number of fused-ring (bicyclic) bond motifs is 1. The fourth-order valence-electron chi connectivity index (χ4n) is 3.16. The van der Waals surface area contributed by atoms with Crippen molar-refractivity contribution in [1.82, 2.24) is 10.3 Å². The van der Waals surface area contributed by atoms with Crippen LogP contribution in [0.1, 0.15) is 34.3 Å². The van der Waals surface area contributed by atoms with Gasteiger partial charge in [-0.3, -0.25) is 4.79 Å². The van der Waals surface area contributed by atoms with Crippen molar-refractivity contribution in [3.8, 4) is 11.6 Å². The van der Waals surface area contributed by atoms with Crippen molar-refractivity contribution >= 4 is 5.91 Å². The first-order valence-electron chi connectivity index (χ1n) is 8.46. The maximum absolute atomic E-state index is 11.1. The van der Waals surface area contributed by atoms with E-state index in [0.29, 0.717) is 17.5 Å². The smallest absolute Gasteiger partial charge is 0.250 e. The molecule has 0 saturated heterocycles. The monoisotopic (exact) mass is 323 g/mol. The molecule has 1 atom stereocenters. The number of primary amides is 1. The Labute approximate surface area is 141 Å². The van der Waals surface area contributed by atoms with E-state index < -0.39 is 5.91 Å².